The van der Waals surface area contributed by atoms with Crippen molar-refractivity contribution in [1.29, 1.82) is 0 Å². The van der Waals surface area contributed by atoms with E-state index < -0.39 is 46.8 Å². The average molecular weight is 580 g/mol. The summed E-state index contributed by atoms with van der Waals surface area (Å²) in [7, 11) is 0. The molecule has 0 radical (unpaired) electrons. The summed E-state index contributed by atoms with van der Waals surface area (Å²) in [6.45, 7) is 0.777. The van der Waals surface area contributed by atoms with E-state index in [1.54, 1.807) is 0 Å². The Hall–Kier alpha value is -2.91. The van der Waals surface area contributed by atoms with Gasteiger partial charge in [-0.05, 0) is 46.9 Å². The quantitative estimate of drug-likeness (QED) is 0.140. The maximum atomic E-state index is 14.9. The number of rotatable bonds is 11. The highest BCUT2D eigenvalue weighted by molar-refractivity contribution is 14.1. The molecule has 0 atom stereocenters. The number of carbonyl (C=O) groups excluding carboxylic acids is 2. The summed E-state index contributed by atoms with van der Waals surface area (Å²) in [5.74, 6) is -4.85. The molecule has 0 aliphatic carbocycles. The van der Waals surface area contributed by atoms with Crippen molar-refractivity contribution >= 4 is 52.0 Å². The summed E-state index contributed by atoms with van der Waals surface area (Å²) in [5.41, 5.74) is 0.285. The summed E-state index contributed by atoms with van der Waals surface area (Å²) >= 11 is 1.88. The lowest BCUT2D eigenvalue weighted by atomic mass is 10.1. The van der Waals surface area contributed by atoms with Crippen LogP contribution in [0.15, 0.2) is 29.4 Å². The number of hydroxylamine groups is 1. The fourth-order valence-electron chi connectivity index (χ4n) is 2.40. The maximum Gasteiger partial charge on any atom is 0.277 e. The first-order valence-electron chi connectivity index (χ1n) is 9.41. The number of carbonyl (C=O) groups is 2. The largest absolute Gasteiger partial charge is 0.394 e. The number of aliphatic hydroxyl groups excluding tert-OH is 1. The monoisotopic (exact) mass is 580 g/mol. The lowest BCUT2D eigenvalue weighted by Gasteiger charge is -2.15. The Balaban J connectivity index is 2.35. The van der Waals surface area contributed by atoms with Gasteiger partial charge in [0.1, 0.15) is 12.4 Å². The van der Waals surface area contributed by atoms with Crippen LogP contribution in [0.5, 0.6) is 0 Å². The fraction of sp³-hybridized carbons (Fsp3) is 0.250. The predicted octanol–water partition coefficient (Wildman–Crippen LogP) is 2.59. The second kappa shape index (κ2) is 13.0. The molecular weight excluding hydrogens is 560 g/mol. The van der Waals surface area contributed by atoms with E-state index in [2.05, 4.69) is 15.8 Å². The minimum absolute atomic E-state index is 0.0335. The normalized spacial score (nSPS) is 10.8. The van der Waals surface area contributed by atoms with Crippen LogP contribution in [-0.2, 0) is 14.5 Å². The van der Waals surface area contributed by atoms with Gasteiger partial charge in [-0.2, -0.15) is 0 Å². The van der Waals surface area contributed by atoms with Crippen molar-refractivity contribution in [3.63, 3.8) is 0 Å². The third kappa shape index (κ3) is 7.87. The Morgan fingerprint density at radius 2 is 1.94 bits per heavy atom. The van der Waals surface area contributed by atoms with E-state index in [-0.39, 0.29) is 31.4 Å². The number of aliphatic hydroxyl groups is 1. The Labute approximate surface area is 200 Å². The zero-order valence-electron chi connectivity index (χ0n) is 17.3. The van der Waals surface area contributed by atoms with Crippen LogP contribution in [-0.4, -0.2) is 49.5 Å². The summed E-state index contributed by atoms with van der Waals surface area (Å²) in [6, 6.07) is 4.96. The molecule has 0 saturated heterocycles. The van der Waals surface area contributed by atoms with Gasteiger partial charge in [0, 0.05) is 16.1 Å². The van der Waals surface area contributed by atoms with Crippen molar-refractivity contribution < 1.29 is 37.5 Å². The Morgan fingerprint density at radius 3 is 2.61 bits per heavy atom. The number of nitrogens with zero attached hydrogens (tertiary/aromatic N) is 1. The van der Waals surface area contributed by atoms with E-state index in [4.69, 9.17) is 14.8 Å². The number of amides is 2. The third-order valence-corrected chi connectivity index (χ3v) is 4.53. The summed E-state index contributed by atoms with van der Waals surface area (Å²) in [5, 5.41) is 17.1. The van der Waals surface area contributed by atoms with Crippen LogP contribution >= 0.6 is 22.6 Å². The van der Waals surface area contributed by atoms with Gasteiger partial charge in [0.25, 0.3) is 5.91 Å². The molecule has 0 aliphatic heterocycles. The molecule has 4 N–H and O–H groups in total. The van der Waals surface area contributed by atoms with Crippen LogP contribution in [0.3, 0.4) is 0 Å². The van der Waals surface area contributed by atoms with Crippen molar-refractivity contribution in [2.75, 3.05) is 31.7 Å². The summed E-state index contributed by atoms with van der Waals surface area (Å²) in [6.07, 6.45) is 0.840. The smallest absolute Gasteiger partial charge is 0.277 e. The number of nitrogens with one attached hydrogen (secondary N) is 3. The molecule has 0 saturated carbocycles. The Kier molecular flexibility index (Phi) is 10.3. The number of hydrogen-bond donors (Lipinski definition) is 4. The molecule has 2 aromatic rings. The van der Waals surface area contributed by atoms with Crippen molar-refractivity contribution in [2.24, 2.45) is 5.16 Å². The number of halogens is 4. The van der Waals surface area contributed by atoms with E-state index >= 15 is 0 Å². The van der Waals surface area contributed by atoms with Crippen molar-refractivity contribution in [3.8, 4) is 0 Å². The number of hydrogen-bond acceptors (Lipinski definition) is 7. The highest BCUT2D eigenvalue weighted by atomic mass is 127. The van der Waals surface area contributed by atoms with E-state index in [9.17, 15) is 22.8 Å². The van der Waals surface area contributed by atoms with Crippen molar-refractivity contribution in [3.05, 3.63) is 56.4 Å². The van der Waals surface area contributed by atoms with Crippen LogP contribution < -0.4 is 16.1 Å². The fourth-order valence-corrected chi connectivity index (χ4v) is 2.86. The van der Waals surface area contributed by atoms with Gasteiger partial charge in [0.2, 0.25) is 5.91 Å². The second-order valence-electron chi connectivity index (χ2n) is 6.32. The van der Waals surface area contributed by atoms with Crippen LogP contribution in [0.25, 0.3) is 0 Å². The molecule has 2 rings (SSSR count). The Morgan fingerprint density at radius 1 is 1.18 bits per heavy atom. The van der Waals surface area contributed by atoms with Crippen LogP contribution in [0.1, 0.15) is 22.8 Å². The zero-order chi connectivity index (χ0) is 24.4. The molecule has 13 heteroatoms. The standard InChI is InChI=1S/C20H20F3IN4O5/c1-11(30)25-4-6-32-26-10-12-8-14(20(31)28-33-7-5-29)19(18(23)17(12)22)27-16-3-2-13(24)9-15(16)21/h2-3,8-10,27,29H,4-7H2,1H3,(H,25,30)(H,28,31)/b26-10+. The van der Waals surface area contributed by atoms with Gasteiger partial charge in [-0.3, -0.25) is 14.4 Å². The molecule has 0 bridgehead atoms. The van der Waals surface area contributed by atoms with Gasteiger partial charge in [-0.15, -0.1) is 0 Å². The minimum atomic E-state index is -1.47. The van der Waals surface area contributed by atoms with E-state index in [0.717, 1.165) is 12.3 Å². The van der Waals surface area contributed by atoms with Gasteiger partial charge in [-0.25, -0.2) is 18.7 Å². The first-order chi connectivity index (χ1) is 15.7. The molecule has 0 spiro atoms. The highest BCUT2D eigenvalue weighted by Gasteiger charge is 2.23. The van der Waals surface area contributed by atoms with Gasteiger partial charge in [0.05, 0.1) is 42.9 Å². The topological polar surface area (TPSA) is 121 Å². The molecule has 0 aromatic heterocycles. The van der Waals surface area contributed by atoms with Crippen molar-refractivity contribution in [2.45, 2.75) is 6.92 Å². The molecule has 33 heavy (non-hydrogen) atoms. The molecule has 2 aromatic carbocycles. The van der Waals surface area contributed by atoms with Gasteiger partial charge in [-0.1, -0.05) is 5.16 Å². The van der Waals surface area contributed by atoms with Crippen molar-refractivity contribution in [1.82, 2.24) is 10.8 Å². The zero-order valence-corrected chi connectivity index (χ0v) is 19.4. The molecule has 9 nitrogen and oxygen atoms in total. The molecule has 178 valence electrons. The lowest BCUT2D eigenvalue weighted by Crippen LogP contribution is -2.26. The highest BCUT2D eigenvalue weighted by Crippen LogP contribution is 2.30. The minimum Gasteiger partial charge on any atom is -0.394 e. The average Bonchev–Trinajstić information content (AvgIpc) is 2.76. The first-order valence-corrected chi connectivity index (χ1v) is 10.5. The van der Waals surface area contributed by atoms with Crippen LogP contribution in [0.4, 0.5) is 24.5 Å². The molecule has 0 unspecified atom stereocenters. The van der Waals surface area contributed by atoms with E-state index in [1.165, 1.54) is 25.1 Å². The number of oxime groups is 1. The number of benzene rings is 2. The third-order valence-electron chi connectivity index (χ3n) is 3.86. The predicted molar refractivity (Wildman–Crippen MR) is 121 cm³/mol. The van der Waals surface area contributed by atoms with Gasteiger partial charge < -0.3 is 20.6 Å². The lowest BCUT2D eigenvalue weighted by molar-refractivity contribution is -0.119. The van der Waals surface area contributed by atoms with Crippen LogP contribution in [0.2, 0.25) is 0 Å². The Bertz CT molecular complexity index is 1040. The van der Waals surface area contributed by atoms with Crippen LogP contribution in [0, 0.1) is 21.0 Å². The molecule has 0 fully saturated rings. The molecule has 2 amide bonds. The van der Waals surface area contributed by atoms with Gasteiger partial charge >= 0.3 is 0 Å². The summed E-state index contributed by atoms with van der Waals surface area (Å²) in [4.78, 5) is 32.9. The molecule has 0 aliphatic rings. The second-order valence-corrected chi connectivity index (χ2v) is 7.57. The maximum absolute atomic E-state index is 14.9. The SMILES string of the molecule is CC(=O)NCCO/N=C/c1cc(C(=O)NOCCO)c(Nc2ccc(I)cc2F)c(F)c1F. The van der Waals surface area contributed by atoms with E-state index in [0.29, 0.717) is 3.57 Å². The molecule has 0 heterocycles. The number of anilines is 2. The van der Waals surface area contributed by atoms with E-state index in [1.807, 2.05) is 28.1 Å². The first kappa shape index (κ1) is 26.3. The van der Waals surface area contributed by atoms with Gasteiger partial charge in [0.15, 0.2) is 11.6 Å². The summed E-state index contributed by atoms with van der Waals surface area (Å²) < 4.78 is 44.4. The molecular formula is C20H20F3IN4O5.